The number of nitrogens with zero attached hydrogens (tertiary/aromatic N) is 3. The summed E-state index contributed by atoms with van der Waals surface area (Å²) in [6.45, 7) is 2.67. The topological polar surface area (TPSA) is 90.7 Å². The van der Waals surface area contributed by atoms with Gasteiger partial charge in [0, 0.05) is 12.2 Å². The van der Waals surface area contributed by atoms with Crippen molar-refractivity contribution in [2.75, 3.05) is 17.2 Å². The van der Waals surface area contributed by atoms with Crippen molar-refractivity contribution in [3.05, 3.63) is 46.9 Å². The lowest BCUT2D eigenvalue weighted by molar-refractivity contribution is 0.102. The van der Waals surface area contributed by atoms with Crippen LogP contribution in [-0.2, 0) is 0 Å². The zero-order chi connectivity index (χ0) is 15.2. The van der Waals surface area contributed by atoms with E-state index in [0.717, 1.165) is 6.54 Å². The van der Waals surface area contributed by atoms with Gasteiger partial charge in [-0.1, -0.05) is 11.6 Å². The molecule has 0 saturated heterocycles. The molecule has 0 saturated carbocycles. The van der Waals surface area contributed by atoms with Crippen LogP contribution in [0.3, 0.4) is 0 Å². The summed E-state index contributed by atoms with van der Waals surface area (Å²) >= 11 is 5.90. The second kappa shape index (κ2) is 6.68. The Kier molecular flexibility index (Phi) is 4.69. The van der Waals surface area contributed by atoms with E-state index in [1.165, 1.54) is 24.5 Å². The van der Waals surface area contributed by atoms with Crippen LogP contribution in [0.2, 0.25) is 5.02 Å². The summed E-state index contributed by atoms with van der Waals surface area (Å²) in [6.07, 6.45) is 2.88. The lowest BCUT2D eigenvalue weighted by atomic mass is 10.2. The summed E-state index contributed by atoms with van der Waals surface area (Å²) in [5.74, 6) is 0.210. The third-order valence-electron chi connectivity index (χ3n) is 2.59. The number of amides is 1. The van der Waals surface area contributed by atoms with Gasteiger partial charge in [0.05, 0.1) is 23.0 Å². The molecule has 0 fully saturated rings. The second-order valence-corrected chi connectivity index (χ2v) is 4.48. The van der Waals surface area contributed by atoms with Gasteiger partial charge in [0.2, 0.25) is 0 Å². The number of hydrogen-bond donors (Lipinski definition) is 2. The van der Waals surface area contributed by atoms with Gasteiger partial charge in [0.25, 0.3) is 5.91 Å². The molecule has 1 heterocycles. The molecule has 1 amide bonds. The lowest BCUT2D eigenvalue weighted by Crippen LogP contribution is -2.14. The molecule has 6 nitrogen and oxygen atoms in total. The highest BCUT2D eigenvalue weighted by Crippen LogP contribution is 2.20. The van der Waals surface area contributed by atoms with Crippen LogP contribution in [0.15, 0.2) is 30.6 Å². The zero-order valence-corrected chi connectivity index (χ0v) is 12.0. The van der Waals surface area contributed by atoms with Crippen molar-refractivity contribution < 1.29 is 4.79 Å². The Morgan fingerprint density at radius 2 is 2.19 bits per heavy atom. The fourth-order valence-corrected chi connectivity index (χ4v) is 1.82. The van der Waals surface area contributed by atoms with Crippen LogP contribution in [0.4, 0.5) is 11.5 Å². The van der Waals surface area contributed by atoms with E-state index in [1.54, 1.807) is 6.07 Å². The minimum atomic E-state index is -0.397. The lowest BCUT2D eigenvalue weighted by Gasteiger charge is -2.06. The Hall–Kier alpha value is -2.65. The van der Waals surface area contributed by atoms with Crippen LogP contribution in [-0.4, -0.2) is 22.4 Å². The third kappa shape index (κ3) is 3.68. The minimum absolute atomic E-state index is 0.192. The van der Waals surface area contributed by atoms with E-state index in [1.807, 2.05) is 13.0 Å². The number of nitrogens with one attached hydrogen (secondary N) is 2. The van der Waals surface area contributed by atoms with Gasteiger partial charge in [0.1, 0.15) is 17.6 Å². The SMILES string of the molecule is CCNc1cnc(C(=O)Nc2ccc(C#N)c(Cl)c2)cn1. The first kappa shape index (κ1) is 14.8. The number of halogens is 1. The van der Waals surface area contributed by atoms with Crippen LogP contribution in [0.25, 0.3) is 0 Å². The highest BCUT2D eigenvalue weighted by molar-refractivity contribution is 6.32. The number of benzene rings is 1. The molecule has 2 aromatic rings. The third-order valence-corrected chi connectivity index (χ3v) is 2.90. The summed E-state index contributed by atoms with van der Waals surface area (Å²) in [7, 11) is 0. The highest BCUT2D eigenvalue weighted by Gasteiger charge is 2.09. The molecule has 106 valence electrons. The first-order chi connectivity index (χ1) is 10.1. The monoisotopic (exact) mass is 301 g/mol. The molecular formula is C14H12ClN5O. The van der Waals surface area contributed by atoms with Gasteiger partial charge in [-0.05, 0) is 25.1 Å². The molecule has 0 spiro atoms. The molecule has 0 radical (unpaired) electrons. The number of rotatable bonds is 4. The Labute approximate surface area is 126 Å². The molecule has 2 N–H and O–H groups in total. The number of carbonyl (C=O) groups is 1. The van der Waals surface area contributed by atoms with Gasteiger partial charge in [0.15, 0.2) is 0 Å². The van der Waals surface area contributed by atoms with E-state index in [-0.39, 0.29) is 10.7 Å². The van der Waals surface area contributed by atoms with Crippen LogP contribution in [0, 0.1) is 11.3 Å². The van der Waals surface area contributed by atoms with Crippen molar-refractivity contribution in [2.24, 2.45) is 0 Å². The van der Waals surface area contributed by atoms with Crippen molar-refractivity contribution in [2.45, 2.75) is 6.92 Å². The number of nitriles is 1. The quantitative estimate of drug-likeness (QED) is 0.906. The normalized spacial score (nSPS) is 9.76. The number of aromatic nitrogens is 2. The predicted molar refractivity (Wildman–Crippen MR) is 80.3 cm³/mol. The molecule has 0 aliphatic carbocycles. The standard InChI is InChI=1S/C14H12ClN5O/c1-2-17-13-8-18-12(7-19-13)14(21)20-10-4-3-9(6-16)11(15)5-10/h3-5,7-8H,2H2,1H3,(H,17,19)(H,20,21). The number of hydrogen-bond acceptors (Lipinski definition) is 5. The van der Waals surface area contributed by atoms with Gasteiger partial charge in [-0.25, -0.2) is 9.97 Å². The minimum Gasteiger partial charge on any atom is -0.369 e. The zero-order valence-electron chi connectivity index (χ0n) is 11.2. The van der Waals surface area contributed by atoms with Crippen molar-refractivity contribution in [3.8, 4) is 6.07 Å². The van der Waals surface area contributed by atoms with E-state index >= 15 is 0 Å². The molecular weight excluding hydrogens is 290 g/mol. The molecule has 7 heteroatoms. The maximum Gasteiger partial charge on any atom is 0.275 e. The summed E-state index contributed by atoms with van der Waals surface area (Å²) in [4.78, 5) is 20.1. The highest BCUT2D eigenvalue weighted by atomic mass is 35.5. The summed E-state index contributed by atoms with van der Waals surface area (Å²) in [5, 5.41) is 14.7. The first-order valence-corrected chi connectivity index (χ1v) is 6.58. The van der Waals surface area contributed by atoms with Crippen molar-refractivity contribution in [3.63, 3.8) is 0 Å². The molecule has 21 heavy (non-hydrogen) atoms. The van der Waals surface area contributed by atoms with E-state index < -0.39 is 5.91 Å². The predicted octanol–water partition coefficient (Wildman–Crippen LogP) is 2.69. The van der Waals surface area contributed by atoms with Crippen LogP contribution >= 0.6 is 11.6 Å². The molecule has 0 aliphatic heterocycles. The van der Waals surface area contributed by atoms with E-state index in [2.05, 4.69) is 20.6 Å². The molecule has 1 aromatic heterocycles. The fraction of sp³-hybridized carbons (Fsp3) is 0.143. The molecule has 0 bridgehead atoms. The molecule has 0 unspecified atom stereocenters. The fourth-order valence-electron chi connectivity index (χ4n) is 1.60. The maximum atomic E-state index is 12.0. The van der Waals surface area contributed by atoms with Crippen molar-refractivity contribution in [1.29, 1.82) is 5.26 Å². The van der Waals surface area contributed by atoms with Gasteiger partial charge in [-0.15, -0.1) is 0 Å². The van der Waals surface area contributed by atoms with Crippen LogP contribution < -0.4 is 10.6 Å². The van der Waals surface area contributed by atoms with E-state index in [4.69, 9.17) is 16.9 Å². The maximum absolute atomic E-state index is 12.0. The smallest absolute Gasteiger partial charge is 0.275 e. The van der Waals surface area contributed by atoms with E-state index in [9.17, 15) is 4.79 Å². The Balaban J connectivity index is 2.10. The number of carbonyl (C=O) groups excluding carboxylic acids is 1. The molecule has 2 rings (SSSR count). The summed E-state index contributed by atoms with van der Waals surface area (Å²) in [5.41, 5.74) is 1.03. The summed E-state index contributed by atoms with van der Waals surface area (Å²) < 4.78 is 0. The van der Waals surface area contributed by atoms with Crippen molar-refractivity contribution in [1.82, 2.24) is 9.97 Å². The Morgan fingerprint density at radius 1 is 1.38 bits per heavy atom. The average molecular weight is 302 g/mol. The first-order valence-electron chi connectivity index (χ1n) is 6.21. The number of anilines is 2. The van der Waals surface area contributed by atoms with Gasteiger partial charge in [-0.3, -0.25) is 4.79 Å². The van der Waals surface area contributed by atoms with Crippen LogP contribution in [0.5, 0.6) is 0 Å². The van der Waals surface area contributed by atoms with Gasteiger partial charge in [-0.2, -0.15) is 5.26 Å². The average Bonchev–Trinajstić information content (AvgIpc) is 2.48. The van der Waals surface area contributed by atoms with Gasteiger partial charge < -0.3 is 10.6 Å². The molecule has 0 atom stereocenters. The van der Waals surface area contributed by atoms with Gasteiger partial charge >= 0.3 is 0 Å². The van der Waals surface area contributed by atoms with Crippen molar-refractivity contribution >= 4 is 29.0 Å². The Bertz CT molecular complexity index is 694. The summed E-state index contributed by atoms with van der Waals surface area (Å²) in [6, 6.07) is 6.60. The molecule has 1 aromatic carbocycles. The molecule has 0 aliphatic rings. The largest absolute Gasteiger partial charge is 0.369 e. The van der Waals surface area contributed by atoms with E-state index in [0.29, 0.717) is 17.1 Å². The Morgan fingerprint density at radius 3 is 2.76 bits per heavy atom. The second-order valence-electron chi connectivity index (χ2n) is 4.08. The van der Waals surface area contributed by atoms with Crippen LogP contribution in [0.1, 0.15) is 23.0 Å².